The van der Waals surface area contributed by atoms with E-state index in [0.717, 1.165) is 16.8 Å². The third-order valence-electron chi connectivity index (χ3n) is 2.14. The Hall–Kier alpha value is -1.59. The Kier molecular flexibility index (Phi) is 7.00. The summed E-state index contributed by atoms with van der Waals surface area (Å²) >= 11 is 0. The summed E-state index contributed by atoms with van der Waals surface area (Å²) in [4.78, 5) is 22.3. The van der Waals surface area contributed by atoms with Gasteiger partial charge < -0.3 is 16.4 Å². The Bertz CT molecular complexity index is 415. The molecule has 100 valence electrons. The van der Waals surface area contributed by atoms with Crippen LogP contribution in [-0.4, -0.2) is 24.9 Å². The minimum absolute atomic E-state index is 0. The molecule has 0 aliphatic heterocycles. The largest absolute Gasteiger partial charge is 0.346 e. The number of hydrogen-bond acceptors (Lipinski definition) is 3. The van der Waals surface area contributed by atoms with Crippen molar-refractivity contribution >= 4 is 29.9 Å². The standard InChI is InChI=1S/C12H17N3O2.ClH/c1-8-3-9(2)5-10(4-8)15-12(17)7-14-11(16)6-13;/h3-5H,6-7,13H2,1-2H3,(H,14,16)(H,15,17);1H. The summed E-state index contributed by atoms with van der Waals surface area (Å²) in [6.45, 7) is 3.73. The van der Waals surface area contributed by atoms with Crippen molar-refractivity contribution in [3.63, 3.8) is 0 Å². The minimum atomic E-state index is -0.347. The van der Waals surface area contributed by atoms with Crippen molar-refractivity contribution < 1.29 is 9.59 Å². The summed E-state index contributed by atoms with van der Waals surface area (Å²) < 4.78 is 0. The van der Waals surface area contributed by atoms with Crippen LogP contribution in [0.25, 0.3) is 0 Å². The molecule has 0 unspecified atom stereocenters. The normalized spacial score (nSPS) is 9.28. The van der Waals surface area contributed by atoms with Crippen molar-refractivity contribution in [2.24, 2.45) is 5.73 Å². The van der Waals surface area contributed by atoms with Crippen LogP contribution < -0.4 is 16.4 Å². The summed E-state index contributed by atoms with van der Waals surface area (Å²) in [5.74, 6) is -0.614. The third-order valence-corrected chi connectivity index (χ3v) is 2.14. The van der Waals surface area contributed by atoms with Crippen LogP contribution in [0.2, 0.25) is 0 Å². The molecule has 0 aromatic heterocycles. The summed E-state index contributed by atoms with van der Waals surface area (Å²) in [6, 6.07) is 5.76. The summed E-state index contributed by atoms with van der Waals surface area (Å²) in [5, 5.41) is 5.11. The van der Waals surface area contributed by atoms with E-state index in [-0.39, 0.29) is 37.3 Å². The maximum absolute atomic E-state index is 11.5. The molecule has 0 fully saturated rings. The molecular formula is C12H18ClN3O2. The molecule has 1 rings (SSSR count). The van der Waals surface area contributed by atoms with Crippen LogP contribution in [0.15, 0.2) is 18.2 Å². The molecule has 0 radical (unpaired) electrons. The van der Waals surface area contributed by atoms with Crippen molar-refractivity contribution in [3.8, 4) is 0 Å². The second-order valence-corrected chi connectivity index (χ2v) is 3.91. The zero-order chi connectivity index (χ0) is 12.8. The summed E-state index contributed by atoms with van der Waals surface area (Å²) in [6.07, 6.45) is 0. The van der Waals surface area contributed by atoms with Gasteiger partial charge in [-0.3, -0.25) is 9.59 Å². The molecule has 6 heteroatoms. The van der Waals surface area contributed by atoms with Gasteiger partial charge in [0.15, 0.2) is 0 Å². The first-order valence-corrected chi connectivity index (χ1v) is 5.36. The average Bonchev–Trinajstić information content (AvgIpc) is 2.24. The first-order valence-electron chi connectivity index (χ1n) is 5.36. The van der Waals surface area contributed by atoms with E-state index in [2.05, 4.69) is 10.6 Å². The lowest BCUT2D eigenvalue weighted by atomic mass is 10.1. The molecule has 1 aromatic carbocycles. The van der Waals surface area contributed by atoms with Crippen molar-refractivity contribution in [1.29, 1.82) is 0 Å². The fourth-order valence-corrected chi connectivity index (χ4v) is 1.50. The Labute approximate surface area is 113 Å². The van der Waals surface area contributed by atoms with Crippen molar-refractivity contribution in [2.75, 3.05) is 18.4 Å². The van der Waals surface area contributed by atoms with Gasteiger partial charge in [0.1, 0.15) is 0 Å². The molecular weight excluding hydrogens is 254 g/mol. The van der Waals surface area contributed by atoms with E-state index in [1.807, 2.05) is 32.0 Å². The Morgan fingerprint density at radius 3 is 2.17 bits per heavy atom. The number of carbonyl (C=O) groups is 2. The Morgan fingerprint density at radius 1 is 1.11 bits per heavy atom. The van der Waals surface area contributed by atoms with E-state index in [4.69, 9.17) is 5.73 Å². The molecule has 0 saturated heterocycles. The average molecular weight is 272 g/mol. The van der Waals surface area contributed by atoms with Crippen LogP contribution in [0.1, 0.15) is 11.1 Å². The van der Waals surface area contributed by atoms with E-state index >= 15 is 0 Å². The van der Waals surface area contributed by atoms with Crippen molar-refractivity contribution in [1.82, 2.24) is 5.32 Å². The lowest BCUT2D eigenvalue weighted by molar-refractivity contribution is -0.123. The monoisotopic (exact) mass is 271 g/mol. The van der Waals surface area contributed by atoms with E-state index in [1.54, 1.807) is 0 Å². The van der Waals surface area contributed by atoms with Gasteiger partial charge in [-0.2, -0.15) is 0 Å². The molecule has 0 atom stereocenters. The van der Waals surface area contributed by atoms with Gasteiger partial charge in [0.2, 0.25) is 11.8 Å². The lowest BCUT2D eigenvalue weighted by Gasteiger charge is -2.08. The predicted octanol–water partition coefficient (Wildman–Crippen LogP) is 0.739. The van der Waals surface area contributed by atoms with Gasteiger partial charge in [-0.1, -0.05) is 6.07 Å². The Balaban J connectivity index is 0.00000289. The first-order chi connectivity index (χ1) is 8.01. The van der Waals surface area contributed by atoms with Gasteiger partial charge in [0.05, 0.1) is 13.1 Å². The highest BCUT2D eigenvalue weighted by Crippen LogP contribution is 2.13. The maximum atomic E-state index is 11.5. The molecule has 4 N–H and O–H groups in total. The summed E-state index contributed by atoms with van der Waals surface area (Å²) in [7, 11) is 0. The number of benzene rings is 1. The molecule has 0 aliphatic carbocycles. The van der Waals surface area contributed by atoms with Crippen molar-refractivity contribution in [2.45, 2.75) is 13.8 Å². The highest BCUT2D eigenvalue weighted by atomic mass is 35.5. The fourth-order valence-electron chi connectivity index (χ4n) is 1.50. The molecule has 2 amide bonds. The van der Waals surface area contributed by atoms with E-state index < -0.39 is 0 Å². The number of amides is 2. The topological polar surface area (TPSA) is 84.2 Å². The third kappa shape index (κ3) is 5.65. The Morgan fingerprint density at radius 2 is 1.67 bits per heavy atom. The number of rotatable bonds is 4. The quantitative estimate of drug-likeness (QED) is 0.755. The van der Waals surface area contributed by atoms with E-state index in [1.165, 1.54) is 0 Å². The molecule has 0 aliphatic rings. The van der Waals surface area contributed by atoms with Gasteiger partial charge in [0.25, 0.3) is 0 Å². The first kappa shape index (κ1) is 16.4. The van der Waals surface area contributed by atoms with Gasteiger partial charge in [0, 0.05) is 5.69 Å². The van der Waals surface area contributed by atoms with E-state index in [9.17, 15) is 9.59 Å². The number of aryl methyl sites for hydroxylation is 2. The van der Waals surface area contributed by atoms with E-state index in [0.29, 0.717) is 0 Å². The van der Waals surface area contributed by atoms with Crippen LogP contribution in [0.5, 0.6) is 0 Å². The predicted molar refractivity (Wildman–Crippen MR) is 73.9 cm³/mol. The van der Waals surface area contributed by atoms with Gasteiger partial charge in [-0.05, 0) is 37.1 Å². The molecule has 1 aromatic rings. The fraction of sp³-hybridized carbons (Fsp3) is 0.333. The molecule has 0 bridgehead atoms. The smallest absolute Gasteiger partial charge is 0.243 e. The number of hydrogen-bond donors (Lipinski definition) is 3. The molecule has 0 heterocycles. The van der Waals surface area contributed by atoms with Crippen LogP contribution in [0, 0.1) is 13.8 Å². The van der Waals surface area contributed by atoms with Gasteiger partial charge in [-0.25, -0.2) is 0 Å². The van der Waals surface area contributed by atoms with Crippen LogP contribution in [0.3, 0.4) is 0 Å². The highest BCUT2D eigenvalue weighted by molar-refractivity contribution is 5.94. The number of nitrogens with one attached hydrogen (secondary N) is 2. The zero-order valence-corrected chi connectivity index (χ0v) is 11.3. The second-order valence-electron chi connectivity index (χ2n) is 3.91. The molecule has 0 spiro atoms. The second kappa shape index (κ2) is 7.68. The number of anilines is 1. The highest BCUT2D eigenvalue weighted by Gasteiger charge is 2.04. The SMILES string of the molecule is Cc1cc(C)cc(NC(=O)CNC(=O)CN)c1.Cl. The zero-order valence-electron chi connectivity index (χ0n) is 10.4. The molecule has 18 heavy (non-hydrogen) atoms. The maximum Gasteiger partial charge on any atom is 0.243 e. The number of carbonyl (C=O) groups excluding carboxylic acids is 2. The van der Waals surface area contributed by atoms with Gasteiger partial charge >= 0.3 is 0 Å². The number of halogens is 1. The molecule has 5 nitrogen and oxygen atoms in total. The number of nitrogens with two attached hydrogens (primary N) is 1. The molecule has 0 saturated carbocycles. The summed E-state index contributed by atoms with van der Waals surface area (Å²) in [5.41, 5.74) is 7.99. The minimum Gasteiger partial charge on any atom is -0.346 e. The van der Waals surface area contributed by atoms with Crippen LogP contribution >= 0.6 is 12.4 Å². The van der Waals surface area contributed by atoms with Crippen LogP contribution in [-0.2, 0) is 9.59 Å². The lowest BCUT2D eigenvalue weighted by Crippen LogP contribution is -2.36. The van der Waals surface area contributed by atoms with Gasteiger partial charge in [-0.15, -0.1) is 12.4 Å². The van der Waals surface area contributed by atoms with Crippen molar-refractivity contribution in [3.05, 3.63) is 29.3 Å². The van der Waals surface area contributed by atoms with Crippen LogP contribution in [0.4, 0.5) is 5.69 Å².